The van der Waals surface area contributed by atoms with Crippen LogP contribution in [-0.4, -0.2) is 13.7 Å². The van der Waals surface area contributed by atoms with E-state index in [4.69, 9.17) is 15.9 Å². The van der Waals surface area contributed by atoms with Crippen LogP contribution in [0.2, 0.25) is 0 Å². The highest BCUT2D eigenvalue weighted by atomic mass is 35.7. The Bertz CT molecular complexity index is 515. The standard InChI is InChI=1S/C10H8ClNO2S/c11-15(13,14)10-5-9(10)8-3-1-7(6-12)2-4-8/h1-4,9-10H,5H2. The predicted octanol–water partition coefficient (Wildman–Crippen LogP) is 1.98. The molecular formula is C10H8ClNO2S. The zero-order chi connectivity index (χ0) is 11.1. The van der Waals surface area contributed by atoms with Crippen molar-refractivity contribution < 1.29 is 8.42 Å². The van der Waals surface area contributed by atoms with E-state index in [9.17, 15) is 8.42 Å². The van der Waals surface area contributed by atoms with Gasteiger partial charge in [-0.05, 0) is 24.1 Å². The maximum atomic E-state index is 11.0. The SMILES string of the molecule is N#Cc1ccc(C2CC2S(=O)(=O)Cl)cc1. The van der Waals surface area contributed by atoms with Gasteiger partial charge in [0.1, 0.15) is 0 Å². The number of hydrogen-bond donors (Lipinski definition) is 0. The van der Waals surface area contributed by atoms with Crippen molar-refractivity contribution in [2.24, 2.45) is 0 Å². The van der Waals surface area contributed by atoms with Crippen molar-refractivity contribution in [2.45, 2.75) is 17.6 Å². The van der Waals surface area contributed by atoms with Crippen LogP contribution < -0.4 is 0 Å². The summed E-state index contributed by atoms with van der Waals surface area (Å²) in [5.74, 6) is 0.000225. The highest BCUT2D eigenvalue weighted by molar-refractivity contribution is 8.14. The summed E-state index contributed by atoms with van der Waals surface area (Å²) in [6, 6.07) is 8.95. The second-order valence-electron chi connectivity index (χ2n) is 3.59. The van der Waals surface area contributed by atoms with E-state index in [2.05, 4.69) is 0 Å². The van der Waals surface area contributed by atoms with Crippen molar-refractivity contribution in [3.05, 3.63) is 35.4 Å². The van der Waals surface area contributed by atoms with Gasteiger partial charge in [0.25, 0.3) is 0 Å². The van der Waals surface area contributed by atoms with Crippen LogP contribution in [0.25, 0.3) is 0 Å². The Morgan fingerprint density at radius 3 is 2.33 bits per heavy atom. The van der Waals surface area contributed by atoms with E-state index in [-0.39, 0.29) is 5.92 Å². The molecule has 0 aliphatic heterocycles. The molecule has 1 aliphatic carbocycles. The second kappa shape index (κ2) is 3.51. The molecule has 1 aliphatic rings. The van der Waals surface area contributed by atoms with Gasteiger partial charge < -0.3 is 0 Å². The average molecular weight is 242 g/mol. The monoisotopic (exact) mass is 241 g/mol. The third kappa shape index (κ3) is 2.14. The molecule has 1 aromatic carbocycles. The smallest absolute Gasteiger partial charge is 0.212 e. The summed E-state index contributed by atoms with van der Waals surface area (Å²) in [7, 11) is 1.82. The molecule has 0 amide bonds. The topological polar surface area (TPSA) is 57.9 Å². The number of rotatable bonds is 2. The lowest BCUT2D eigenvalue weighted by Gasteiger charge is -1.98. The van der Waals surface area contributed by atoms with Crippen molar-refractivity contribution in [3.63, 3.8) is 0 Å². The van der Waals surface area contributed by atoms with Crippen molar-refractivity contribution >= 4 is 19.7 Å². The molecule has 2 atom stereocenters. The van der Waals surface area contributed by atoms with Crippen LogP contribution in [0.4, 0.5) is 0 Å². The zero-order valence-electron chi connectivity index (χ0n) is 7.72. The molecule has 0 aromatic heterocycles. The molecule has 3 nitrogen and oxygen atoms in total. The summed E-state index contributed by atoms with van der Waals surface area (Å²) >= 11 is 0. The summed E-state index contributed by atoms with van der Waals surface area (Å²) in [6.45, 7) is 0. The molecule has 0 bridgehead atoms. The molecule has 0 heterocycles. The number of hydrogen-bond acceptors (Lipinski definition) is 3. The van der Waals surface area contributed by atoms with Gasteiger partial charge in [-0.15, -0.1) is 0 Å². The largest absolute Gasteiger partial charge is 0.236 e. The molecule has 2 rings (SSSR count). The van der Waals surface area contributed by atoms with Crippen molar-refractivity contribution in [1.82, 2.24) is 0 Å². The minimum Gasteiger partial charge on any atom is -0.212 e. The van der Waals surface area contributed by atoms with E-state index < -0.39 is 14.3 Å². The van der Waals surface area contributed by atoms with Gasteiger partial charge in [0.15, 0.2) is 0 Å². The molecule has 1 saturated carbocycles. The normalized spacial score (nSPS) is 24.5. The average Bonchev–Trinajstić information content (AvgIpc) is 2.97. The van der Waals surface area contributed by atoms with Crippen LogP contribution in [0.1, 0.15) is 23.5 Å². The fourth-order valence-electron chi connectivity index (χ4n) is 1.64. The van der Waals surface area contributed by atoms with Crippen molar-refractivity contribution in [3.8, 4) is 6.07 Å². The zero-order valence-corrected chi connectivity index (χ0v) is 9.29. The van der Waals surface area contributed by atoms with Crippen LogP contribution in [0.15, 0.2) is 24.3 Å². The second-order valence-corrected chi connectivity index (χ2v) is 6.44. The lowest BCUT2D eigenvalue weighted by atomic mass is 10.1. The van der Waals surface area contributed by atoms with Crippen LogP contribution in [0, 0.1) is 11.3 Å². The Balaban J connectivity index is 2.18. The molecule has 0 radical (unpaired) electrons. The van der Waals surface area contributed by atoms with Crippen molar-refractivity contribution in [1.29, 1.82) is 5.26 Å². The lowest BCUT2D eigenvalue weighted by molar-refractivity contribution is 0.607. The first-order chi connectivity index (χ1) is 7.02. The van der Waals surface area contributed by atoms with E-state index in [1.807, 2.05) is 6.07 Å². The van der Waals surface area contributed by atoms with Crippen LogP contribution >= 0.6 is 10.7 Å². The first-order valence-electron chi connectivity index (χ1n) is 4.46. The fraction of sp³-hybridized carbons (Fsp3) is 0.300. The molecule has 0 spiro atoms. The number of halogens is 1. The van der Waals surface area contributed by atoms with E-state index in [0.717, 1.165) is 5.56 Å². The molecule has 15 heavy (non-hydrogen) atoms. The maximum absolute atomic E-state index is 11.0. The quantitative estimate of drug-likeness (QED) is 0.744. The molecule has 78 valence electrons. The minimum absolute atomic E-state index is 0.000225. The maximum Gasteiger partial charge on any atom is 0.236 e. The fourth-order valence-corrected chi connectivity index (χ4v) is 3.22. The molecule has 2 unspecified atom stereocenters. The first-order valence-corrected chi connectivity index (χ1v) is 6.83. The van der Waals surface area contributed by atoms with Gasteiger partial charge in [-0.1, -0.05) is 12.1 Å². The summed E-state index contributed by atoms with van der Waals surface area (Å²) in [4.78, 5) is 0. The molecule has 0 N–H and O–H groups in total. The summed E-state index contributed by atoms with van der Waals surface area (Å²) < 4.78 is 22.0. The summed E-state index contributed by atoms with van der Waals surface area (Å²) in [5.41, 5.74) is 1.51. The van der Waals surface area contributed by atoms with Gasteiger partial charge in [-0.25, -0.2) is 8.42 Å². The Kier molecular flexibility index (Phi) is 2.45. The van der Waals surface area contributed by atoms with E-state index in [1.165, 1.54) is 0 Å². The van der Waals surface area contributed by atoms with Gasteiger partial charge in [-0.3, -0.25) is 0 Å². The Hall–Kier alpha value is -1.05. The Morgan fingerprint density at radius 1 is 1.33 bits per heavy atom. The molecule has 1 aromatic rings. The minimum atomic E-state index is -3.44. The van der Waals surface area contributed by atoms with E-state index >= 15 is 0 Å². The van der Waals surface area contributed by atoms with Gasteiger partial charge in [0.2, 0.25) is 9.05 Å². The third-order valence-corrected chi connectivity index (χ3v) is 4.49. The van der Waals surface area contributed by atoms with Crippen LogP contribution in [0.5, 0.6) is 0 Å². The highest BCUT2D eigenvalue weighted by Gasteiger charge is 2.47. The Morgan fingerprint density at radius 2 is 1.93 bits per heavy atom. The lowest BCUT2D eigenvalue weighted by Crippen LogP contribution is -1.99. The van der Waals surface area contributed by atoms with Gasteiger partial charge >= 0.3 is 0 Å². The Labute approximate surface area is 92.7 Å². The summed E-state index contributed by atoms with van der Waals surface area (Å²) in [5, 5.41) is 8.15. The number of benzene rings is 1. The molecular weight excluding hydrogens is 234 g/mol. The van der Waals surface area contributed by atoms with Gasteiger partial charge in [-0.2, -0.15) is 5.26 Å². The summed E-state index contributed by atoms with van der Waals surface area (Å²) in [6.07, 6.45) is 0.581. The van der Waals surface area contributed by atoms with Crippen LogP contribution in [0.3, 0.4) is 0 Å². The highest BCUT2D eigenvalue weighted by Crippen LogP contribution is 2.47. The molecule has 0 saturated heterocycles. The molecule has 1 fully saturated rings. The molecule has 5 heteroatoms. The first kappa shape index (κ1) is 10.5. The van der Waals surface area contributed by atoms with Crippen LogP contribution in [-0.2, 0) is 9.05 Å². The van der Waals surface area contributed by atoms with Gasteiger partial charge in [0.05, 0.1) is 16.9 Å². The van der Waals surface area contributed by atoms with E-state index in [0.29, 0.717) is 12.0 Å². The number of nitrogens with zero attached hydrogens (tertiary/aromatic N) is 1. The number of nitriles is 1. The predicted molar refractivity (Wildman–Crippen MR) is 57.1 cm³/mol. The third-order valence-electron chi connectivity index (χ3n) is 2.56. The van der Waals surface area contributed by atoms with E-state index in [1.54, 1.807) is 24.3 Å². The van der Waals surface area contributed by atoms with Gasteiger partial charge in [0, 0.05) is 16.6 Å². The van der Waals surface area contributed by atoms with Crippen molar-refractivity contribution in [2.75, 3.05) is 0 Å².